The van der Waals surface area contributed by atoms with Gasteiger partial charge in [0.25, 0.3) is 8.32 Å². The second kappa shape index (κ2) is 12.3. The zero-order chi connectivity index (χ0) is 28.9. The molecule has 1 saturated heterocycles. The van der Waals surface area contributed by atoms with E-state index in [1.165, 1.54) is 10.4 Å². The van der Waals surface area contributed by atoms with Gasteiger partial charge in [-0.2, -0.15) is 0 Å². The summed E-state index contributed by atoms with van der Waals surface area (Å²) in [4.78, 5) is 14.4. The largest absolute Gasteiger partial charge is 0.444 e. The molecule has 1 heterocycles. The van der Waals surface area contributed by atoms with E-state index in [4.69, 9.17) is 9.16 Å². The van der Waals surface area contributed by atoms with Crippen LogP contribution in [0.5, 0.6) is 0 Å². The molecule has 3 rings (SSSR count). The van der Waals surface area contributed by atoms with Crippen molar-refractivity contribution in [1.29, 1.82) is 0 Å². The van der Waals surface area contributed by atoms with Crippen LogP contribution < -0.4 is 10.4 Å². The van der Waals surface area contributed by atoms with Crippen molar-refractivity contribution in [2.45, 2.75) is 96.9 Å². The third-order valence-corrected chi connectivity index (χ3v) is 12.4. The number of ether oxygens (including phenoxy) is 1. The van der Waals surface area contributed by atoms with Crippen LogP contribution in [0.4, 0.5) is 4.79 Å². The molecular formula is C33H47NO4Si. The summed E-state index contributed by atoms with van der Waals surface area (Å²) in [5, 5.41) is 13.7. The monoisotopic (exact) mass is 549 g/mol. The fraction of sp³-hybridized carbons (Fsp3) is 0.545. The number of amides is 1. The number of aliphatic hydroxyl groups is 1. The van der Waals surface area contributed by atoms with Crippen LogP contribution in [0.3, 0.4) is 0 Å². The van der Waals surface area contributed by atoms with Crippen LogP contribution in [-0.4, -0.2) is 54.8 Å². The molecule has 1 N–H and O–H groups in total. The number of hydrogen-bond donors (Lipinski definition) is 1. The maximum absolute atomic E-state index is 12.7. The predicted molar refractivity (Wildman–Crippen MR) is 162 cm³/mol. The van der Waals surface area contributed by atoms with Gasteiger partial charge in [-0.3, -0.25) is 0 Å². The van der Waals surface area contributed by atoms with E-state index in [2.05, 4.69) is 88.1 Å². The van der Waals surface area contributed by atoms with Gasteiger partial charge < -0.3 is 19.2 Å². The summed E-state index contributed by atoms with van der Waals surface area (Å²) in [5.41, 5.74) is -1.70. The first kappa shape index (κ1) is 30.9. The van der Waals surface area contributed by atoms with Crippen LogP contribution >= 0.6 is 0 Å². The van der Waals surface area contributed by atoms with E-state index in [1.54, 1.807) is 11.8 Å². The highest BCUT2D eigenvalue weighted by atomic mass is 28.4. The lowest BCUT2D eigenvalue weighted by Gasteiger charge is -2.43. The van der Waals surface area contributed by atoms with E-state index in [0.717, 1.165) is 12.8 Å². The minimum atomic E-state index is -2.63. The maximum atomic E-state index is 12.7. The van der Waals surface area contributed by atoms with Crippen molar-refractivity contribution < 1.29 is 19.1 Å². The molecule has 1 aliphatic heterocycles. The molecule has 0 aliphatic carbocycles. The Morgan fingerprint density at radius 2 is 1.54 bits per heavy atom. The van der Waals surface area contributed by atoms with Gasteiger partial charge in [-0.05, 0) is 62.9 Å². The van der Waals surface area contributed by atoms with Crippen molar-refractivity contribution in [3.8, 4) is 11.8 Å². The molecule has 1 amide bonds. The highest BCUT2D eigenvalue weighted by Crippen LogP contribution is 2.37. The lowest BCUT2D eigenvalue weighted by molar-refractivity contribution is -0.0309. The van der Waals surface area contributed by atoms with Crippen molar-refractivity contribution >= 4 is 24.8 Å². The maximum Gasteiger partial charge on any atom is 0.410 e. The van der Waals surface area contributed by atoms with Gasteiger partial charge in [-0.1, -0.05) is 93.3 Å². The average Bonchev–Trinajstić information content (AvgIpc) is 3.35. The Morgan fingerprint density at radius 1 is 1.00 bits per heavy atom. The van der Waals surface area contributed by atoms with Crippen LogP contribution in [-0.2, 0) is 9.16 Å². The molecule has 39 heavy (non-hydrogen) atoms. The molecule has 3 atom stereocenters. The third kappa shape index (κ3) is 7.54. The third-order valence-electron chi connectivity index (χ3n) is 7.36. The molecule has 0 aromatic heterocycles. The minimum Gasteiger partial charge on any atom is -0.444 e. The number of rotatable bonds is 7. The molecule has 0 bridgehead atoms. The van der Waals surface area contributed by atoms with E-state index in [0.29, 0.717) is 13.2 Å². The Labute approximate surface area is 237 Å². The molecule has 1 fully saturated rings. The molecule has 1 aliphatic rings. The number of hydrogen-bond acceptors (Lipinski definition) is 4. The first-order valence-corrected chi connectivity index (χ1v) is 16.0. The number of nitrogens with zero attached hydrogens (tertiary/aromatic N) is 1. The van der Waals surface area contributed by atoms with Crippen LogP contribution in [0, 0.1) is 17.8 Å². The van der Waals surface area contributed by atoms with E-state index in [1.807, 2.05) is 32.9 Å². The van der Waals surface area contributed by atoms with Gasteiger partial charge in [0.15, 0.2) is 0 Å². The highest BCUT2D eigenvalue weighted by molar-refractivity contribution is 6.99. The molecule has 2 aromatic carbocycles. The van der Waals surface area contributed by atoms with E-state index >= 15 is 0 Å². The standard InChI is InChI=1S/C33H47NO4Si/c1-26(17-15-23-33(8,36)29-22-16-24-34(29)30(35)38-31(2,3)4)25-37-39(32(5,6)7,27-18-11-9-12-19-27)28-20-13-10-14-21-28/h9-14,18-21,26,29,36H,16,22-25H2,1-8H3/t26-,29-,33-/m0/s1. The summed E-state index contributed by atoms with van der Waals surface area (Å²) < 4.78 is 12.6. The van der Waals surface area contributed by atoms with Crippen LogP contribution in [0.25, 0.3) is 0 Å². The molecule has 0 saturated carbocycles. The van der Waals surface area contributed by atoms with Crippen LogP contribution in [0.2, 0.25) is 5.04 Å². The second-order valence-electron chi connectivity index (χ2n) is 13.1. The molecule has 5 nitrogen and oxygen atoms in total. The lowest BCUT2D eigenvalue weighted by atomic mass is 9.91. The predicted octanol–water partition coefficient (Wildman–Crippen LogP) is 5.74. The van der Waals surface area contributed by atoms with Gasteiger partial charge in [-0.25, -0.2) is 4.79 Å². The first-order chi connectivity index (χ1) is 18.2. The van der Waals surface area contributed by atoms with Crippen LogP contribution in [0.1, 0.15) is 74.7 Å². The SMILES string of the molecule is C[C@@H](C#CC[C@](C)(O)[C@@H]1CCCN1C(=O)OC(C)(C)C)CO[Si](c1ccccc1)(c1ccccc1)C(C)(C)C. The van der Waals surface area contributed by atoms with Gasteiger partial charge in [0.1, 0.15) is 5.60 Å². The lowest BCUT2D eigenvalue weighted by Crippen LogP contribution is -2.66. The summed E-state index contributed by atoms with van der Waals surface area (Å²) in [5.74, 6) is 6.52. The molecule has 0 spiro atoms. The summed E-state index contributed by atoms with van der Waals surface area (Å²) in [6.07, 6.45) is 1.49. The molecule has 2 aromatic rings. The Bertz CT molecular complexity index is 1100. The molecule has 6 heteroatoms. The quantitative estimate of drug-likeness (QED) is 0.353. The number of benzene rings is 2. The average molecular weight is 550 g/mol. The molecule has 0 radical (unpaired) electrons. The Morgan fingerprint density at radius 3 is 2.03 bits per heavy atom. The number of carbonyl (C=O) groups excluding carboxylic acids is 1. The van der Waals surface area contributed by atoms with Gasteiger partial charge in [0, 0.05) is 25.5 Å². The zero-order valence-electron chi connectivity index (χ0n) is 25.1. The number of likely N-dealkylation sites (tertiary alicyclic amines) is 1. The van der Waals surface area contributed by atoms with Gasteiger partial charge in [0.05, 0.1) is 11.6 Å². The van der Waals surface area contributed by atoms with E-state index in [9.17, 15) is 9.90 Å². The summed E-state index contributed by atoms with van der Waals surface area (Å²) in [6.45, 7) is 17.3. The minimum absolute atomic E-state index is 0.0204. The van der Waals surface area contributed by atoms with Crippen molar-refractivity contribution in [1.82, 2.24) is 4.90 Å². The summed E-state index contributed by atoms with van der Waals surface area (Å²) >= 11 is 0. The Hall–Kier alpha value is -2.59. The van der Waals surface area contributed by atoms with Crippen molar-refractivity contribution in [3.63, 3.8) is 0 Å². The summed E-state index contributed by atoms with van der Waals surface area (Å²) in [6, 6.07) is 20.9. The molecule has 0 unspecified atom stereocenters. The van der Waals surface area contributed by atoms with Crippen LogP contribution in [0.15, 0.2) is 60.7 Å². The Kier molecular flexibility index (Phi) is 9.75. The highest BCUT2D eigenvalue weighted by Gasteiger charge is 2.50. The van der Waals surface area contributed by atoms with E-state index in [-0.39, 0.29) is 29.5 Å². The first-order valence-electron chi connectivity index (χ1n) is 14.1. The van der Waals surface area contributed by atoms with Crippen molar-refractivity contribution in [3.05, 3.63) is 60.7 Å². The zero-order valence-corrected chi connectivity index (χ0v) is 26.1. The van der Waals surface area contributed by atoms with Crippen molar-refractivity contribution in [2.75, 3.05) is 13.2 Å². The Balaban J connectivity index is 1.75. The normalized spacial score (nSPS) is 18.6. The summed E-state index contributed by atoms with van der Waals surface area (Å²) in [7, 11) is -2.63. The van der Waals surface area contributed by atoms with Gasteiger partial charge in [-0.15, -0.1) is 0 Å². The fourth-order valence-electron chi connectivity index (χ4n) is 5.53. The molecule has 212 valence electrons. The van der Waals surface area contributed by atoms with Gasteiger partial charge >= 0.3 is 6.09 Å². The van der Waals surface area contributed by atoms with Crippen molar-refractivity contribution in [2.24, 2.45) is 5.92 Å². The topological polar surface area (TPSA) is 59.0 Å². The van der Waals surface area contributed by atoms with E-state index < -0.39 is 19.5 Å². The fourth-order valence-corrected chi connectivity index (χ4v) is 10.2. The molecular weight excluding hydrogens is 502 g/mol. The number of carbonyl (C=O) groups is 1. The van der Waals surface area contributed by atoms with Gasteiger partial charge in [0.2, 0.25) is 0 Å². The smallest absolute Gasteiger partial charge is 0.410 e. The second-order valence-corrected chi connectivity index (χ2v) is 17.4.